The molecule has 2 amide bonds. The third kappa shape index (κ3) is 4.26. The van der Waals surface area contributed by atoms with E-state index in [0.29, 0.717) is 27.6 Å². The lowest BCUT2D eigenvalue weighted by Gasteiger charge is -2.28. The number of para-hydroxylation sites is 1. The summed E-state index contributed by atoms with van der Waals surface area (Å²) in [6.07, 6.45) is 1.50. The summed E-state index contributed by atoms with van der Waals surface area (Å²) in [7, 11) is 0. The Balaban J connectivity index is 2.04. The van der Waals surface area contributed by atoms with Gasteiger partial charge in [0.15, 0.2) is 0 Å². The number of allylic oxidation sites excluding steroid dienone is 2. The molecule has 1 aliphatic heterocycles. The maximum Gasteiger partial charge on any atom is 0.254 e. The molecule has 7 nitrogen and oxygen atoms in total. The highest BCUT2D eigenvalue weighted by molar-refractivity contribution is 8.03. The molecule has 2 aromatic rings. The minimum atomic E-state index is -0.703. The van der Waals surface area contributed by atoms with Gasteiger partial charge in [-0.3, -0.25) is 9.59 Å². The summed E-state index contributed by atoms with van der Waals surface area (Å²) in [5.41, 5.74) is 9.13. The van der Waals surface area contributed by atoms with E-state index in [0.717, 1.165) is 28.6 Å². The van der Waals surface area contributed by atoms with Crippen LogP contribution in [0.5, 0.6) is 0 Å². The zero-order chi connectivity index (χ0) is 21.8. The largest absolute Gasteiger partial charge is 0.468 e. The van der Waals surface area contributed by atoms with Crippen LogP contribution >= 0.6 is 11.8 Å². The molecule has 8 heteroatoms. The topological polar surface area (TPSA) is 121 Å². The number of nitriles is 1. The van der Waals surface area contributed by atoms with Crippen molar-refractivity contribution >= 4 is 29.3 Å². The molecule has 0 spiro atoms. The minimum absolute atomic E-state index is 0.00953. The Kier molecular flexibility index (Phi) is 6.33. The number of furan rings is 1. The number of amides is 2. The van der Waals surface area contributed by atoms with Crippen LogP contribution in [0.2, 0.25) is 0 Å². The molecule has 0 fully saturated rings. The zero-order valence-corrected chi connectivity index (χ0v) is 17.7. The fourth-order valence-corrected chi connectivity index (χ4v) is 4.23. The predicted octanol–water partition coefficient (Wildman–Crippen LogP) is 3.45. The van der Waals surface area contributed by atoms with Gasteiger partial charge in [0.05, 0.1) is 40.2 Å². The SMILES string of the molecule is CC1=C(C(=O)Nc2c(C)cccc2C)[C@H](c2ccco2)C(C#N)=C(SCC(N)=O)N1. The second-order valence-corrected chi connectivity index (χ2v) is 7.93. The van der Waals surface area contributed by atoms with E-state index < -0.39 is 11.8 Å². The first-order valence-electron chi connectivity index (χ1n) is 9.27. The molecule has 0 radical (unpaired) electrons. The van der Waals surface area contributed by atoms with E-state index in [2.05, 4.69) is 16.7 Å². The number of rotatable bonds is 6. The standard InChI is InChI=1S/C22H22N4O3S/c1-12-6-4-7-13(2)20(12)26-21(28)18-14(3)25-22(30-11-17(24)27)15(10-23)19(18)16-8-5-9-29-16/h4-9,19,25H,11H2,1-3H3,(H2,24,27)(H,26,28)/t19-/m0/s1. The van der Waals surface area contributed by atoms with E-state index in [4.69, 9.17) is 10.2 Å². The number of thioether (sulfide) groups is 1. The van der Waals surface area contributed by atoms with Crippen LogP contribution in [0.1, 0.15) is 29.7 Å². The number of carbonyl (C=O) groups excluding carboxylic acids is 2. The molecule has 0 saturated carbocycles. The van der Waals surface area contributed by atoms with Gasteiger partial charge >= 0.3 is 0 Å². The Hall–Kier alpha value is -3.44. The van der Waals surface area contributed by atoms with Crippen LogP contribution in [-0.2, 0) is 9.59 Å². The molecule has 0 bridgehead atoms. The van der Waals surface area contributed by atoms with Crippen molar-refractivity contribution in [3.05, 3.63) is 75.4 Å². The highest BCUT2D eigenvalue weighted by Crippen LogP contribution is 2.41. The van der Waals surface area contributed by atoms with Crippen LogP contribution in [0.25, 0.3) is 0 Å². The molecule has 0 unspecified atom stereocenters. The summed E-state index contributed by atoms with van der Waals surface area (Å²) in [6, 6.07) is 11.4. The van der Waals surface area contributed by atoms with E-state index in [1.54, 1.807) is 19.1 Å². The number of benzene rings is 1. The quantitative estimate of drug-likeness (QED) is 0.656. The van der Waals surface area contributed by atoms with Gasteiger partial charge in [0.1, 0.15) is 5.76 Å². The molecule has 154 valence electrons. The van der Waals surface area contributed by atoms with Gasteiger partial charge in [0, 0.05) is 11.4 Å². The lowest BCUT2D eigenvalue weighted by molar-refractivity contribution is -0.115. The Bertz CT molecular complexity index is 1070. The van der Waals surface area contributed by atoms with Crippen LogP contribution in [0.15, 0.2) is 62.9 Å². The molecule has 1 aromatic carbocycles. The Morgan fingerprint density at radius 1 is 1.23 bits per heavy atom. The van der Waals surface area contributed by atoms with Crippen molar-refractivity contribution in [3.63, 3.8) is 0 Å². The van der Waals surface area contributed by atoms with Gasteiger partial charge in [0.2, 0.25) is 5.91 Å². The van der Waals surface area contributed by atoms with Crippen LogP contribution < -0.4 is 16.4 Å². The van der Waals surface area contributed by atoms with Gasteiger partial charge < -0.3 is 20.8 Å². The molecular weight excluding hydrogens is 400 g/mol. The number of nitrogens with two attached hydrogens (primary N) is 1. The molecule has 4 N–H and O–H groups in total. The summed E-state index contributed by atoms with van der Waals surface area (Å²) in [4.78, 5) is 24.6. The number of primary amides is 1. The maximum atomic E-state index is 13.4. The van der Waals surface area contributed by atoms with Crippen molar-refractivity contribution in [2.45, 2.75) is 26.7 Å². The molecule has 1 atom stereocenters. The summed E-state index contributed by atoms with van der Waals surface area (Å²) in [5, 5.41) is 16.5. The van der Waals surface area contributed by atoms with E-state index in [1.807, 2.05) is 32.0 Å². The fraction of sp³-hybridized carbons (Fsp3) is 0.227. The molecule has 1 aromatic heterocycles. The number of anilines is 1. The Morgan fingerprint density at radius 2 is 1.93 bits per heavy atom. The molecule has 0 saturated heterocycles. The average molecular weight is 423 g/mol. The number of nitrogens with one attached hydrogen (secondary N) is 2. The van der Waals surface area contributed by atoms with Gasteiger partial charge in [-0.15, -0.1) is 0 Å². The van der Waals surface area contributed by atoms with Crippen molar-refractivity contribution in [2.24, 2.45) is 5.73 Å². The lowest BCUT2D eigenvalue weighted by Crippen LogP contribution is -2.31. The van der Waals surface area contributed by atoms with Crippen molar-refractivity contribution in [2.75, 3.05) is 11.1 Å². The van der Waals surface area contributed by atoms with Crippen LogP contribution in [0.4, 0.5) is 5.69 Å². The number of dihydropyridines is 1. The highest BCUT2D eigenvalue weighted by atomic mass is 32.2. The fourth-order valence-electron chi connectivity index (χ4n) is 3.40. The van der Waals surface area contributed by atoms with Crippen LogP contribution in [-0.4, -0.2) is 17.6 Å². The minimum Gasteiger partial charge on any atom is -0.468 e. The average Bonchev–Trinajstić information content (AvgIpc) is 3.23. The first kappa shape index (κ1) is 21.3. The van der Waals surface area contributed by atoms with Gasteiger partial charge in [-0.2, -0.15) is 5.26 Å². The van der Waals surface area contributed by atoms with E-state index in [9.17, 15) is 14.9 Å². The summed E-state index contributed by atoms with van der Waals surface area (Å²) in [6.45, 7) is 5.60. The first-order valence-corrected chi connectivity index (χ1v) is 10.3. The van der Waals surface area contributed by atoms with Gasteiger partial charge in [-0.1, -0.05) is 30.0 Å². The van der Waals surface area contributed by atoms with Crippen LogP contribution in [0.3, 0.4) is 0 Å². The second-order valence-electron chi connectivity index (χ2n) is 6.94. The molecule has 2 heterocycles. The summed E-state index contributed by atoms with van der Waals surface area (Å²) < 4.78 is 5.58. The molecule has 3 rings (SSSR count). The number of carbonyl (C=O) groups is 2. The predicted molar refractivity (Wildman–Crippen MR) is 116 cm³/mol. The van der Waals surface area contributed by atoms with Crippen molar-refractivity contribution in [1.82, 2.24) is 5.32 Å². The molecule has 0 aliphatic carbocycles. The van der Waals surface area contributed by atoms with E-state index in [-0.39, 0.29) is 11.7 Å². The molecule has 30 heavy (non-hydrogen) atoms. The van der Waals surface area contributed by atoms with Crippen molar-refractivity contribution < 1.29 is 14.0 Å². The van der Waals surface area contributed by atoms with Gasteiger partial charge in [-0.05, 0) is 44.0 Å². The number of hydrogen-bond acceptors (Lipinski definition) is 6. The number of nitrogens with zero attached hydrogens (tertiary/aromatic N) is 1. The summed E-state index contributed by atoms with van der Waals surface area (Å²) >= 11 is 1.13. The smallest absolute Gasteiger partial charge is 0.254 e. The lowest BCUT2D eigenvalue weighted by atomic mass is 9.85. The number of aryl methyl sites for hydroxylation is 2. The van der Waals surface area contributed by atoms with Gasteiger partial charge in [0.25, 0.3) is 5.91 Å². The number of hydrogen-bond donors (Lipinski definition) is 3. The zero-order valence-electron chi connectivity index (χ0n) is 16.9. The second kappa shape index (κ2) is 8.93. The normalized spacial score (nSPS) is 16.1. The monoisotopic (exact) mass is 422 g/mol. The molecule has 1 aliphatic rings. The Labute approximate surface area is 179 Å². The van der Waals surface area contributed by atoms with E-state index in [1.165, 1.54) is 6.26 Å². The van der Waals surface area contributed by atoms with Crippen molar-refractivity contribution in [1.29, 1.82) is 5.26 Å². The first-order chi connectivity index (χ1) is 14.3. The highest BCUT2D eigenvalue weighted by Gasteiger charge is 2.36. The summed E-state index contributed by atoms with van der Waals surface area (Å²) in [5.74, 6) is -1.05. The van der Waals surface area contributed by atoms with Gasteiger partial charge in [-0.25, -0.2) is 0 Å². The third-order valence-electron chi connectivity index (χ3n) is 4.80. The Morgan fingerprint density at radius 3 is 2.50 bits per heavy atom. The van der Waals surface area contributed by atoms with E-state index >= 15 is 0 Å². The molecular formula is C22H22N4O3S. The van der Waals surface area contributed by atoms with Crippen molar-refractivity contribution in [3.8, 4) is 6.07 Å². The maximum absolute atomic E-state index is 13.4. The van der Waals surface area contributed by atoms with Crippen LogP contribution in [0, 0.1) is 25.2 Å². The third-order valence-corrected chi connectivity index (χ3v) is 5.84.